The summed E-state index contributed by atoms with van der Waals surface area (Å²) in [6.45, 7) is 0. The number of thiazole rings is 1. The number of rotatable bonds is 12. The third-order valence-corrected chi connectivity index (χ3v) is 9.99. The second kappa shape index (κ2) is 16.1. The van der Waals surface area contributed by atoms with Crippen LogP contribution in [0.25, 0.3) is 17.3 Å². The highest BCUT2D eigenvalue weighted by Gasteiger charge is 2.24. The molecule has 244 valence electrons. The summed E-state index contributed by atoms with van der Waals surface area (Å²) in [6, 6.07) is 36.8. The number of para-hydroxylation sites is 1. The molecule has 0 bridgehead atoms. The van der Waals surface area contributed by atoms with Crippen molar-refractivity contribution in [2.45, 2.75) is 10.1 Å². The molecule has 0 radical (unpaired) electrons. The van der Waals surface area contributed by atoms with Gasteiger partial charge in [-0.05, 0) is 65.6 Å². The predicted molar refractivity (Wildman–Crippen MR) is 199 cm³/mol. The van der Waals surface area contributed by atoms with E-state index < -0.39 is 17.1 Å². The first-order chi connectivity index (χ1) is 24.0. The smallest absolute Gasteiger partial charge is 0.272 e. The summed E-state index contributed by atoms with van der Waals surface area (Å²) in [5.74, 6) is -0.416. The lowest BCUT2D eigenvalue weighted by atomic mass is 10.1. The van der Waals surface area contributed by atoms with Gasteiger partial charge in [0.25, 0.3) is 11.8 Å². The van der Waals surface area contributed by atoms with Crippen LogP contribution in [0, 0.1) is 0 Å². The highest BCUT2D eigenvalue weighted by atomic mass is 32.2. The van der Waals surface area contributed by atoms with Gasteiger partial charge < -0.3 is 20.7 Å². The zero-order chi connectivity index (χ0) is 34.0. The first kappa shape index (κ1) is 33.4. The van der Waals surface area contributed by atoms with E-state index in [2.05, 4.69) is 20.9 Å². The summed E-state index contributed by atoms with van der Waals surface area (Å²) < 4.78 is 5.48. The van der Waals surface area contributed by atoms with Crippen LogP contribution in [0.2, 0.25) is 0 Å². The largest absolute Gasteiger partial charge is 0.496 e. The molecular weight excluding hydrogens is 673 g/mol. The van der Waals surface area contributed by atoms with E-state index >= 15 is 0 Å². The van der Waals surface area contributed by atoms with Gasteiger partial charge in [0.05, 0.1) is 12.8 Å². The molecule has 0 saturated heterocycles. The van der Waals surface area contributed by atoms with Crippen LogP contribution in [0.1, 0.15) is 26.0 Å². The SMILES string of the molecule is COc1ccccc1-c1csc(NC(=O)C(Sc2cccc(NC(=O)/C(=C/c3cccs3)NC(=O)c3ccccc3)c2)c2ccccc2)n1. The third-order valence-electron chi connectivity index (χ3n) is 7.16. The first-order valence-electron chi connectivity index (χ1n) is 15.1. The van der Waals surface area contributed by atoms with Crippen LogP contribution in [-0.4, -0.2) is 29.8 Å². The summed E-state index contributed by atoms with van der Waals surface area (Å²) >= 11 is 4.14. The molecule has 2 aromatic heterocycles. The summed E-state index contributed by atoms with van der Waals surface area (Å²) in [5, 5.41) is 12.3. The van der Waals surface area contributed by atoms with Crippen molar-refractivity contribution in [3.8, 4) is 17.0 Å². The monoisotopic (exact) mass is 702 g/mol. The lowest BCUT2D eigenvalue weighted by Crippen LogP contribution is -2.30. The quantitative estimate of drug-likeness (QED) is 0.0869. The van der Waals surface area contributed by atoms with Crippen molar-refractivity contribution in [2.24, 2.45) is 0 Å². The van der Waals surface area contributed by atoms with E-state index in [0.29, 0.717) is 27.8 Å². The van der Waals surface area contributed by atoms with Crippen LogP contribution in [0.15, 0.2) is 143 Å². The van der Waals surface area contributed by atoms with Crippen molar-refractivity contribution in [1.82, 2.24) is 10.3 Å². The van der Waals surface area contributed by atoms with Crippen molar-refractivity contribution >= 4 is 69.1 Å². The van der Waals surface area contributed by atoms with E-state index in [4.69, 9.17) is 4.74 Å². The first-order valence-corrected chi connectivity index (χ1v) is 17.7. The Morgan fingerprint density at radius 3 is 2.33 bits per heavy atom. The number of hydrogen-bond acceptors (Lipinski definition) is 8. The molecule has 2 heterocycles. The summed E-state index contributed by atoms with van der Waals surface area (Å²) in [5.41, 5.74) is 3.40. The molecule has 0 fully saturated rings. The standard InChI is InChI=1S/C38H30N4O4S3/c1-46-33-20-9-8-19-30(33)32-24-48-38(41-32)42-37(45)34(25-12-4-2-5-13-25)49-29-17-10-16-27(22-29)39-36(44)31(23-28-18-11-21-47-28)40-35(43)26-14-6-3-7-15-26/h2-24,34H,1H3,(H,39,44)(H,40,43)(H,41,42,45)/b31-23-. The van der Waals surface area contributed by atoms with Crippen molar-refractivity contribution in [3.63, 3.8) is 0 Å². The predicted octanol–water partition coefficient (Wildman–Crippen LogP) is 8.76. The highest BCUT2D eigenvalue weighted by Crippen LogP contribution is 2.38. The fraction of sp³-hybridized carbons (Fsp3) is 0.0526. The van der Waals surface area contributed by atoms with Gasteiger partial charge >= 0.3 is 0 Å². The van der Waals surface area contributed by atoms with Crippen molar-refractivity contribution in [2.75, 3.05) is 17.7 Å². The number of nitrogens with one attached hydrogen (secondary N) is 3. The summed E-state index contributed by atoms with van der Waals surface area (Å²) in [6.07, 6.45) is 1.65. The maximum absolute atomic E-state index is 13.8. The van der Waals surface area contributed by atoms with Gasteiger partial charge in [0, 0.05) is 32.0 Å². The number of amides is 3. The van der Waals surface area contributed by atoms with E-state index in [9.17, 15) is 14.4 Å². The number of methoxy groups -OCH3 is 1. The topological polar surface area (TPSA) is 109 Å². The molecule has 0 spiro atoms. The van der Waals surface area contributed by atoms with Gasteiger partial charge in [-0.15, -0.1) is 34.4 Å². The van der Waals surface area contributed by atoms with Crippen LogP contribution in [0.3, 0.4) is 0 Å². The Labute approximate surface area is 295 Å². The van der Waals surface area contributed by atoms with E-state index in [0.717, 1.165) is 20.9 Å². The molecule has 3 amide bonds. The van der Waals surface area contributed by atoms with Crippen LogP contribution in [0.4, 0.5) is 10.8 Å². The number of benzene rings is 4. The molecule has 0 aliphatic rings. The average Bonchev–Trinajstić information content (AvgIpc) is 3.83. The number of ether oxygens (including phenoxy) is 1. The maximum atomic E-state index is 13.8. The molecule has 8 nitrogen and oxygen atoms in total. The third kappa shape index (κ3) is 8.71. The fourth-order valence-corrected chi connectivity index (χ4v) is 7.28. The highest BCUT2D eigenvalue weighted by molar-refractivity contribution is 8.00. The Morgan fingerprint density at radius 2 is 1.57 bits per heavy atom. The van der Waals surface area contributed by atoms with Crippen LogP contribution >= 0.6 is 34.4 Å². The summed E-state index contributed by atoms with van der Waals surface area (Å²) in [7, 11) is 1.61. The van der Waals surface area contributed by atoms with E-state index in [1.807, 2.05) is 95.7 Å². The minimum Gasteiger partial charge on any atom is -0.496 e. The van der Waals surface area contributed by atoms with Gasteiger partial charge in [-0.2, -0.15) is 0 Å². The van der Waals surface area contributed by atoms with Crippen molar-refractivity contribution in [3.05, 3.63) is 154 Å². The second-order valence-corrected chi connectivity index (χ2v) is 13.5. The number of carbonyl (C=O) groups is 3. The Balaban J connectivity index is 1.20. The van der Waals surface area contributed by atoms with Gasteiger partial charge in [-0.3, -0.25) is 14.4 Å². The Hall–Kier alpha value is -5.49. The number of aromatic nitrogens is 1. The normalized spacial score (nSPS) is 11.7. The molecule has 4 aromatic carbocycles. The molecule has 1 unspecified atom stereocenters. The van der Waals surface area contributed by atoms with E-state index in [-0.39, 0.29) is 11.6 Å². The number of thioether (sulfide) groups is 1. The van der Waals surface area contributed by atoms with Gasteiger partial charge in [-0.25, -0.2) is 4.98 Å². The number of carbonyl (C=O) groups excluding carboxylic acids is 3. The van der Waals surface area contributed by atoms with Gasteiger partial charge in [0.2, 0.25) is 5.91 Å². The molecule has 0 saturated carbocycles. The molecule has 6 aromatic rings. The van der Waals surface area contributed by atoms with Crippen LogP contribution in [0.5, 0.6) is 5.75 Å². The minimum absolute atomic E-state index is 0.104. The zero-order valence-electron chi connectivity index (χ0n) is 26.2. The molecule has 3 N–H and O–H groups in total. The number of nitrogens with zero attached hydrogens (tertiary/aromatic N) is 1. The molecule has 11 heteroatoms. The molecule has 6 rings (SSSR count). The summed E-state index contributed by atoms with van der Waals surface area (Å²) in [4.78, 5) is 46.5. The van der Waals surface area contributed by atoms with Gasteiger partial charge in [-0.1, -0.05) is 72.8 Å². The molecule has 0 aliphatic heterocycles. The van der Waals surface area contributed by atoms with Gasteiger partial charge in [0.15, 0.2) is 5.13 Å². The second-order valence-electron chi connectivity index (χ2n) is 10.5. The number of hydrogen-bond donors (Lipinski definition) is 3. The Morgan fingerprint density at radius 1 is 0.816 bits per heavy atom. The van der Waals surface area contributed by atoms with Gasteiger partial charge in [0.1, 0.15) is 16.7 Å². The molecule has 49 heavy (non-hydrogen) atoms. The minimum atomic E-state index is -0.620. The Bertz CT molecular complexity index is 2080. The number of thiophene rings is 1. The van der Waals surface area contributed by atoms with Crippen molar-refractivity contribution in [1.29, 1.82) is 0 Å². The fourth-order valence-electron chi connectivity index (χ4n) is 4.82. The van der Waals surface area contributed by atoms with Crippen LogP contribution in [-0.2, 0) is 9.59 Å². The molecule has 1 atom stereocenters. The zero-order valence-corrected chi connectivity index (χ0v) is 28.6. The lowest BCUT2D eigenvalue weighted by molar-refractivity contribution is -0.116. The van der Waals surface area contributed by atoms with E-state index in [1.165, 1.54) is 34.4 Å². The molecular formula is C38H30N4O4S3. The molecule has 0 aliphatic carbocycles. The maximum Gasteiger partial charge on any atom is 0.272 e. The average molecular weight is 703 g/mol. The number of anilines is 2. The van der Waals surface area contributed by atoms with Crippen molar-refractivity contribution < 1.29 is 19.1 Å². The Kier molecular flexibility index (Phi) is 11.0. The van der Waals surface area contributed by atoms with E-state index in [1.54, 1.807) is 49.6 Å². The lowest BCUT2D eigenvalue weighted by Gasteiger charge is -2.17. The van der Waals surface area contributed by atoms with Crippen LogP contribution < -0.4 is 20.7 Å².